The van der Waals surface area contributed by atoms with Crippen molar-refractivity contribution in [1.29, 1.82) is 0 Å². The molecule has 20 heavy (non-hydrogen) atoms. The Bertz CT molecular complexity index is 795. The van der Waals surface area contributed by atoms with Crippen molar-refractivity contribution in [3.63, 3.8) is 0 Å². The lowest BCUT2D eigenvalue weighted by atomic mass is 10.1. The van der Waals surface area contributed by atoms with Gasteiger partial charge in [0.2, 0.25) is 0 Å². The minimum atomic E-state index is -3.63. The number of sulfone groups is 1. The van der Waals surface area contributed by atoms with E-state index in [1.165, 1.54) is 6.20 Å². The molecule has 0 saturated carbocycles. The van der Waals surface area contributed by atoms with Crippen molar-refractivity contribution >= 4 is 47.7 Å². The highest BCUT2D eigenvalue weighted by Gasteiger charge is 2.40. The van der Waals surface area contributed by atoms with E-state index in [1.54, 1.807) is 36.4 Å². The van der Waals surface area contributed by atoms with Crippen LogP contribution >= 0.6 is 27.5 Å². The lowest BCUT2D eigenvalue weighted by Gasteiger charge is -2.21. The maximum Gasteiger partial charge on any atom is 0.193 e. The molecule has 1 aromatic carbocycles. The molecule has 3 rings (SSSR count). The molecule has 0 fully saturated rings. The van der Waals surface area contributed by atoms with Gasteiger partial charge < -0.3 is 0 Å². The quantitative estimate of drug-likeness (QED) is 0.750. The minimum absolute atomic E-state index is 0.226. The molecular weight excluding hydrogens is 364 g/mol. The van der Waals surface area contributed by atoms with Gasteiger partial charge in [-0.3, -0.25) is 4.99 Å². The Morgan fingerprint density at radius 1 is 1.20 bits per heavy atom. The number of nitrogens with zero attached hydrogens (tertiary/aromatic N) is 2. The predicted octanol–water partition coefficient (Wildman–Crippen LogP) is 3.05. The van der Waals surface area contributed by atoms with Gasteiger partial charge in [-0.25, -0.2) is 13.4 Å². The van der Waals surface area contributed by atoms with Crippen molar-refractivity contribution in [3.05, 3.63) is 53.3 Å². The number of hydrogen-bond acceptors (Lipinski definition) is 4. The van der Waals surface area contributed by atoms with Crippen LogP contribution in [0.5, 0.6) is 0 Å². The number of benzene rings is 1. The number of fused-ring (bicyclic) bond motifs is 1. The molecule has 0 bridgehead atoms. The summed E-state index contributed by atoms with van der Waals surface area (Å²) in [6.45, 7) is 0. The molecule has 0 spiro atoms. The van der Waals surface area contributed by atoms with Crippen LogP contribution in [0.2, 0.25) is 0 Å². The summed E-state index contributed by atoms with van der Waals surface area (Å²) in [4.78, 5) is 8.43. The zero-order valence-corrected chi connectivity index (χ0v) is 13.2. The summed E-state index contributed by atoms with van der Waals surface area (Å²) in [7, 11) is -3.63. The average molecular weight is 372 g/mol. The average Bonchev–Trinajstić information content (AvgIpc) is 2.89. The van der Waals surface area contributed by atoms with Crippen LogP contribution in [0, 0.1) is 0 Å². The fourth-order valence-electron chi connectivity index (χ4n) is 2.08. The van der Waals surface area contributed by atoms with Gasteiger partial charge in [0.05, 0.1) is 10.6 Å². The number of aliphatic imine (C=N–C) groups is 2. The molecule has 7 heteroatoms. The smallest absolute Gasteiger partial charge is 0.193 e. The molecule has 0 aromatic heterocycles. The monoisotopic (exact) mass is 370 g/mol. The highest BCUT2D eigenvalue weighted by molar-refractivity contribution is 9.18. The topological polar surface area (TPSA) is 58.9 Å². The summed E-state index contributed by atoms with van der Waals surface area (Å²) in [5, 5.41) is -0.721. The zero-order chi connectivity index (χ0) is 14.3. The summed E-state index contributed by atoms with van der Waals surface area (Å²) in [5.74, 6) is 0. The summed E-state index contributed by atoms with van der Waals surface area (Å²) >= 11 is 9.22. The standard InChI is InChI=1S/C13H8BrClN2O2S/c14-12-11(10-9(6-7-16-10)13(15)17-12)20(18,19)8-4-2-1-3-5-8/h1-7,11H. The van der Waals surface area contributed by atoms with Crippen LogP contribution in [0.15, 0.2) is 68.2 Å². The molecule has 0 saturated heterocycles. The van der Waals surface area contributed by atoms with Crippen molar-refractivity contribution in [2.45, 2.75) is 10.1 Å². The van der Waals surface area contributed by atoms with Crippen LogP contribution in [0.3, 0.4) is 0 Å². The largest absolute Gasteiger partial charge is 0.259 e. The number of hydrogen-bond donors (Lipinski definition) is 0. The molecule has 0 radical (unpaired) electrons. The lowest BCUT2D eigenvalue weighted by Crippen LogP contribution is -2.37. The van der Waals surface area contributed by atoms with Gasteiger partial charge >= 0.3 is 0 Å². The van der Waals surface area contributed by atoms with Crippen LogP contribution in [-0.2, 0) is 9.84 Å². The summed E-state index contributed by atoms with van der Waals surface area (Å²) in [6, 6.07) is 8.23. The van der Waals surface area contributed by atoms with Crippen LogP contribution < -0.4 is 0 Å². The Morgan fingerprint density at radius 2 is 1.90 bits per heavy atom. The Hall–Kier alpha value is -1.24. The van der Waals surface area contributed by atoms with Crippen molar-refractivity contribution in [2.24, 2.45) is 9.98 Å². The second-order valence-electron chi connectivity index (χ2n) is 4.21. The first kappa shape index (κ1) is 13.7. The zero-order valence-electron chi connectivity index (χ0n) is 9.99. The van der Waals surface area contributed by atoms with Gasteiger partial charge in [0.1, 0.15) is 9.78 Å². The third-order valence-electron chi connectivity index (χ3n) is 3.00. The van der Waals surface area contributed by atoms with Gasteiger partial charge in [0, 0.05) is 11.8 Å². The van der Waals surface area contributed by atoms with Crippen molar-refractivity contribution in [2.75, 3.05) is 0 Å². The van der Waals surface area contributed by atoms with E-state index in [4.69, 9.17) is 11.6 Å². The molecule has 2 heterocycles. The first-order valence-electron chi connectivity index (χ1n) is 5.69. The molecule has 4 nitrogen and oxygen atoms in total. The predicted molar refractivity (Wildman–Crippen MR) is 83.2 cm³/mol. The SMILES string of the molecule is O=S(=O)(c1ccccc1)C1C(Br)=NC(Cl)=C2C=CN=C21. The molecular formula is C13H8BrClN2O2S. The summed E-state index contributed by atoms with van der Waals surface area (Å²) < 4.78 is 25.8. The van der Waals surface area contributed by atoms with Crippen molar-refractivity contribution in [3.8, 4) is 0 Å². The third-order valence-corrected chi connectivity index (χ3v) is 6.23. The van der Waals surface area contributed by atoms with Crippen molar-refractivity contribution in [1.82, 2.24) is 0 Å². The molecule has 102 valence electrons. The molecule has 2 aliphatic rings. The van der Waals surface area contributed by atoms with Crippen LogP contribution in [0.4, 0.5) is 0 Å². The summed E-state index contributed by atoms with van der Waals surface area (Å²) in [5.41, 5.74) is 0.958. The lowest BCUT2D eigenvalue weighted by molar-refractivity contribution is 0.597. The van der Waals surface area contributed by atoms with E-state index in [2.05, 4.69) is 25.9 Å². The van der Waals surface area contributed by atoms with Gasteiger partial charge in [-0.2, -0.15) is 0 Å². The van der Waals surface area contributed by atoms with Gasteiger partial charge in [0.25, 0.3) is 0 Å². The van der Waals surface area contributed by atoms with Gasteiger partial charge in [-0.15, -0.1) is 0 Å². The van der Waals surface area contributed by atoms with Gasteiger partial charge in [0.15, 0.2) is 15.1 Å². The van der Waals surface area contributed by atoms with E-state index >= 15 is 0 Å². The Labute approximate surface area is 129 Å². The van der Waals surface area contributed by atoms with E-state index in [0.29, 0.717) is 11.3 Å². The van der Waals surface area contributed by atoms with E-state index in [9.17, 15) is 8.42 Å². The molecule has 2 aliphatic heterocycles. The fraction of sp³-hybridized carbons (Fsp3) is 0.0769. The molecule has 1 atom stereocenters. The maximum atomic E-state index is 12.8. The second-order valence-corrected chi connectivity index (χ2v) is 7.41. The van der Waals surface area contributed by atoms with Gasteiger partial charge in [-0.05, 0) is 34.1 Å². The molecule has 1 aromatic rings. The second kappa shape index (κ2) is 4.95. The Morgan fingerprint density at radius 3 is 2.60 bits per heavy atom. The first-order chi connectivity index (χ1) is 9.51. The van der Waals surface area contributed by atoms with Crippen LogP contribution in [0.25, 0.3) is 0 Å². The molecule has 1 unspecified atom stereocenters. The first-order valence-corrected chi connectivity index (χ1v) is 8.41. The number of halogens is 2. The van der Waals surface area contributed by atoms with Crippen LogP contribution in [0.1, 0.15) is 0 Å². The Balaban J connectivity index is 2.15. The molecule has 0 aliphatic carbocycles. The van der Waals surface area contributed by atoms with Crippen LogP contribution in [-0.4, -0.2) is 24.0 Å². The molecule has 0 N–H and O–H groups in total. The third kappa shape index (κ3) is 2.08. The van der Waals surface area contributed by atoms with E-state index in [1.807, 2.05) is 0 Å². The van der Waals surface area contributed by atoms with Gasteiger partial charge in [-0.1, -0.05) is 29.8 Å². The van der Waals surface area contributed by atoms with Crippen molar-refractivity contribution < 1.29 is 8.42 Å². The Kier molecular flexibility index (Phi) is 3.40. The van der Waals surface area contributed by atoms with E-state index in [0.717, 1.165) is 0 Å². The maximum absolute atomic E-state index is 12.8. The normalized spacial score (nSPS) is 21.6. The summed E-state index contributed by atoms with van der Waals surface area (Å²) in [6.07, 6.45) is 3.19. The number of rotatable bonds is 2. The molecule has 0 amide bonds. The highest BCUT2D eigenvalue weighted by atomic mass is 79.9. The highest BCUT2D eigenvalue weighted by Crippen LogP contribution is 2.32. The van der Waals surface area contributed by atoms with E-state index < -0.39 is 15.1 Å². The minimum Gasteiger partial charge on any atom is -0.259 e. The number of allylic oxidation sites excluding steroid dienone is 2. The van der Waals surface area contributed by atoms with E-state index in [-0.39, 0.29) is 14.7 Å². The fourth-order valence-corrected chi connectivity index (χ4v) is 5.16.